The van der Waals surface area contributed by atoms with E-state index < -0.39 is 0 Å². The number of imide groups is 1. The van der Waals surface area contributed by atoms with E-state index in [1.54, 1.807) is 0 Å². The number of carbonyl (C=O) groups is 2. The largest absolute Gasteiger partial charge is 0.326 e. The maximum Gasteiger partial charge on any atom is 0.229 e. The molecule has 4 nitrogen and oxygen atoms in total. The molecule has 4 heteroatoms. The lowest BCUT2D eigenvalue weighted by molar-refractivity contribution is -0.148. The Bertz CT molecular complexity index is 252. The number of piperidine rings is 1. The van der Waals surface area contributed by atoms with Gasteiger partial charge in [-0.1, -0.05) is 20.8 Å². The number of nitrogens with two attached hydrogens (primary N) is 1. The van der Waals surface area contributed by atoms with Crippen molar-refractivity contribution in [3.8, 4) is 0 Å². The van der Waals surface area contributed by atoms with Gasteiger partial charge in [0, 0.05) is 25.4 Å². The average molecular weight is 212 g/mol. The smallest absolute Gasteiger partial charge is 0.229 e. The molecule has 1 atom stereocenters. The monoisotopic (exact) mass is 212 g/mol. The number of likely N-dealkylation sites (tertiary alicyclic amines) is 1. The standard InChI is InChI=1S/C11H20N2O2/c1-11(2,3)8(12)7-13-9(14)5-4-6-10(13)15/h8H,4-7,12H2,1-3H3. The van der Waals surface area contributed by atoms with E-state index in [4.69, 9.17) is 5.73 Å². The van der Waals surface area contributed by atoms with Crippen LogP contribution in [0, 0.1) is 5.41 Å². The Labute approximate surface area is 90.8 Å². The number of rotatable bonds is 2. The van der Waals surface area contributed by atoms with Gasteiger partial charge < -0.3 is 5.73 Å². The molecule has 1 fully saturated rings. The first kappa shape index (κ1) is 12.2. The van der Waals surface area contributed by atoms with E-state index in [0.717, 1.165) is 0 Å². The van der Waals surface area contributed by atoms with Crippen molar-refractivity contribution in [2.24, 2.45) is 11.1 Å². The third-order valence-electron chi connectivity index (χ3n) is 2.88. The molecule has 1 heterocycles. The zero-order valence-electron chi connectivity index (χ0n) is 9.75. The maximum absolute atomic E-state index is 11.5. The van der Waals surface area contributed by atoms with Crippen LogP contribution in [0.15, 0.2) is 0 Å². The lowest BCUT2D eigenvalue weighted by Crippen LogP contribution is -2.50. The molecule has 0 bridgehead atoms. The van der Waals surface area contributed by atoms with Crippen molar-refractivity contribution in [2.75, 3.05) is 6.54 Å². The van der Waals surface area contributed by atoms with Crippen molar-refractivity contribution < 1.29 is 9.59 Å². The first-order valence-electron chi connectivity index (χ1n) is 5.41. The van der Waals surface area contributed by atoms with Gasteiger partial charge in [-0.15, -0.1) is 0 Å². The number of nitrogens with zero attached hydrogens (tertiary/aromatic N) is 1. The Kier molecular flexibility index (Phi) is 3.50. The molecule has 2 amide bonds. The molecule has 1 aliphatic rings. The molecule has 0 radical (unpaired) electrons. The fraction of sp³-hybridized carbons (Fsp3) is 0.818. The summed E-state index contributed by atoms with van der Waals surface area (Å²) in [6, 6.07) is -0.163. The van der Waals surface area contributed by atoms with Crippen molar-refractivity contribution in [3.05, 3.63) is 0 Å². The van der Waals surface area contributed by atoms with Gasteiger partial charge in [-0.05, 0) is 11.8 Å². The molecular weight excluding hydrogens is 192 g/mol. The van der Waals surface area contributed by atoms with Crippen LogP contribution in [0.4, 0.5) is 0 Å². The first-order chi connectivity index (χ1) is 6.82. The van der Waals surface area contributed by atoms with E-state index in [-0.39, 0.29) is 23.3 Å². The lowest BCUT2D eigenvalue weighted by atomic mass is 9.87. The van der Waals surface area contributed by atoms with Crippen molar-refractivity contribution in [1.29, 1.82) is 0 Å². The predicted molar refractivity (Wildman–Crippen MR) is 58.0 cm³/mol. The average Bonchev–Trinajstić information content (AvgIpc) is 2.09. The molecule has 1 rings (SSSR count). The summed E-state index contributed by atoms with van der Waals surface area (Å²) < 4.78 is 0. The van der Waals surface area contributed by atoms with E-state index in [0.29, 0.717) is 25.8 Å². The minimum atomic E-state index is -0.163. The summed E-state index contributed by atoms with van der Waals surface area (Å²) in [5.74, 6) is -0.156. The highest BCUT2D eigenvalue weighted by atomic mass is 16.2. The third-order valence-corrected chi connectivity index (χ3v) is 2.88. The van der Waals surface area contributed by atoms with Gasteiger partial charge in [0.15, 0.2) is 0 Å². The van der Waals surface area contributed by atoms with Crippen molar-refractivity contribution in [1.82, 2.24) is 4.90 Å². The Morgan fingerprint density at radius 2 is 1.73 bits per heavy atom. The van der Waals surface area contributed by atoms with Gasteiger partial charge in [0.1, 0.15) is 0 Å². The van der Waals surface area contributed by atoms with E-state index in [1.807, 2.05) is 20.8 Å². The first-order valence-corrected chi connectivity index (χ1v) is 5.41. The Morgan fingerprint density at radius 3 is 2.13 bits per heavy atom. The number of hydrogen-bond acceptors (Lipinski definition) is 3. The fourth-order valence-corrected chi connectivity index (χ4v) is 1.47. The fourth-order valence-electron chi connectivity index (χ4n) is 1.47. The van der Waals surface area contributed by atoms with Crippen LogP contribution in [-0.2, 0) is 9.59 Å². The van der Waals surface area contributed by atoms with Crippen molar-refractivity contribution in [2.45, 2.75) is 46.1 Å². The molecule has 1 aliphatic heterocycles. The summed E-state index contributed by atoms with van der Waals surface area (Å²) in [7, 11) is 0. The van der Waals surface area contributed by atoms with Gasteiger partial charge in [0.2, 0.25) is 11.8 Å². The highest BCUT2D eigenvalue weighted by molar-refractivity contribution is 5.97. The second-order valence-corrected chi connectivity index (χ2v) is 5.22. The van der Waals surface area contributed by atoms with Gasteiger partial charge >= 0.3 is 0 Å². The Hall–Kier alpha value is -0.900. The summed E-state index contributed by atoms with van der Waals surface area (Å²) in [5, 5.41) is 0. The molecule has 0 aromatic rings. The van der Waals surface area contributed by atoms with Gasteiger partial charge in [0.05, 0.1) is 0 Å². The van der Waals surface area contributed by atoms with E-state index in [9.17, 15) is 9.59 Å². The molecule has 0 spiro atoms. The summed E-state index contributed by atoms with van der Waals surface area (Å²) in [6.07, 6.45) is 1.63. The summed E-state index contributed by atoms with van der Waals surface area (Å²) >= 11 is 0. The van der Waals surface area contributed by atoms with Crippen molar-refractivity contribution >= 4 is 11.8 Å². The number of hydrogen-bond donors (Lipinski definition) is 1. The molecule has 1 saturated heterocycles. The molecule has 2 N–H and O–H groups in total. The Balaban J connectivity index is 2.63. The lowest BCUT2D eigenvalue weighted by Gasteiger charge is -2.33. The van der Waals surface area contributed by atoms with E-state index in [2.05, 4.69) is 0 Å². The minimum absolute atomic E-state index is 0.0778. The molecule has 1 unspecified atom stereocenters. The second kappa shape index (κ2) is 4.31. The van der Waals surface area contributed by atoms with Gasteiger partial charge in [-0.3, -0.25) is 14.5 Å². The van der Waals surface area contributed by atoms with Crippen LogP contribution in [-0.4, -0.2) is 29.3 Å². The van der Waals surface area contributed by atoms with E-state index >= 15 is 0 Å². The molecule has 0 aromatic carbocycles. The van der Waals surface area contributed by atoms with Crippen LogP contribution < -0.4 is 5.73 Å². The quantitative estimate of drug-likeness (QED) is 0.692. The highest BCUT2D eigenvalue weighted by Gasteiger charge is 2.30. The summed E-state index contributed by atoms with van der Waals surface area (Å²) in [6.45, 7) is 6.38. The van der Waals surface area contributed by atoms with Crippen LogP contribution >= 0.6 is 0 Å². The maximum atomic E-state index is 11.5. The van der Waals surface area contributed by atoms with Crippen molar-refractivity contribution in [3.63, 3.8) is 0 Å². The van der Waals surface area contributed by atoms with Crippen LogP contribution in [0.1, 0.15) is 40.0 Å². The minimum Gasteiger partial charge on any atom is -0.326 e. The third kappa shape index (κ3) is 3.02. The number of carbonyl (C=O) groups excluding carboxylic acids is 2. The molecule has 15 heavy (non-hydrogen) atoms. The van der Waals surface area contributed by atoms with Gasteiger partial charge in [-0.2, -0.15) is 0 Å². The second-order valence-electron chi connectivity index (χ2n) is 5.22. The zero-order valence-corrected chi connectivity index (χ0v) is 9.75. The van der Waals surface area contributed by atoms with Crippen LogP contribution in [0.25, 0.3) is 0 Å². The number of amides is 2. The topological polar surface area (TPSA) is 63.4 Å². The van der Waals surface area contributed by atoms with Crippen LogP contribution in [0.3, 0.4) is 0 Å². The van der Waals surface area contributed by atoms with Crippen LogP contribution in [0.5, 0.6) is 0 Å². The van der Waals surface area contributed by atoms with Crippen LogP contribution in [0.2, 0.25) is 0 Å². The highest BCUT2D eigenvalue weighted by Crippen LogP contribution is 2.20. The normalized spacial score (nSPS) is 20.7. The van der Waals surface area contributed by atoms with Gasteiger partial charge in [-0.25, -0.2) is 0 Å². The zero-order chi connectivity index (χ0) is 11.6. The van der Waals surface area contributed by atoms with Gasteiger partial charge in [0.25, 0.3) is 0 Å². The van der Waals surface area contributed by atoms with E-state index in [1.165, 1.54) is 4.90 Å². The molecule has 0 saturated carbocycles. The SMILES string of the molecule is CC(C)(C)C(N)CN1C(=O)CCCC1=O. The molecule has 0 aliphatic carbocycles. The molecule has 0 aromatic heterocycles. The molecular formula is C11H20N2O2. The molecule has 86 valence electrons. The predicted octanol–water partition coefficient (Wildman–Crippen LogP) is 0.899. The Morgan fingerprint density at radius 1 is 1.27 bits per heavy atom. The summed E-state index contributed by atoms with van der Waals surface area (Å²) in [5.41, 5.74) is 5.87. The summed E-state index contributed by atoms with van der Waals surface area (Å²) in [4.78, 5) is 24.4.